The van der Waals surface area contributed by atoms with Gasteiger partial charge >= 0.3 is 5.91 Å². The van der Waals surface area contributed by atoms with E-state index < -0.39 is 5.91 Å². The Hall–Kier alpha value is -2.54. The maximum absolute atomic E-state index is 11.1. The Kier molecular flexibility index (Phi) is 3.74. The summed E-state index contributed by atoms with van der Waals surface area (Å²) in [7, 11) is 0. The number of azo groups is 1. The van der Waals surface area contributed by atoms with Crippen molar-refractivity contribution in [3.8, 4) is 11.3 Å². The first kappa shape index (κ1) is 13.4. The highest BCUT2D eigenvalue weighted by Crippen LogP contribution is 2.21. The van der Waals surface area contributed by atoms with Gasteiger partial charge in [0.2, 0.25) is 0 Å². The van der Waals surface area contributed by atoms with E-state index in [0.29, 0.717) is 16.5 Å². The Bertz CT molecular complexity index is 721. The van der Waals surface area contributed by atoms with Crippen molar-refractivity contribution in [3.05, 3.63) is 41.1 Å². The minimum absolute atomic E-state index is 0.0668. The number of amides is 1. The molecule has 0 spiro atoms. The second-order valence-corrected chi connectivity index (χ2v) is 4.64. The molecule has 1 amide bonds. The molecular weight excluding hydrogens is 296 g/mol. The van der Waals surface area contributed by atoms with Crippen LogP contribution < -0.4 is 0 Å². The summed E-state index contributed by atoms with van der Waals surface area (Å²) < 4.78 is 5.13. The fourth-order valence-corrected chi connectivity index (χ4v) is 1.80. The largest absolute Gasteiger partial charge is 0.387 e. The van der Waals surface area contributed by atoms with Crippen molar-refractivity contribution in [1.82, 2.24) is 5.16 Å². The van der Waals surface area contributed by atoms with Gasteiger partial charge in [-0.05, 0) is 12.1 Å². The molecule has 106 valence electrons. The third kappa shape index (κ3) is 3.14. The van der Waals surface area contributed by atoms with E-state index in [1.807, 2.05) is 12.1 Å². The molecule has 1 aromatic heterocycles. The Morgan fingerprint density at radius 1 is 1.33 bits per heavy atom. The van der Waals surface area contributed by atoms with Crippen LogP contribution in [0.5, 0.6) is 0 Å². The molecule has 0 radical (unpaired) electrons. The highest BCUT2D eigenvalue weighted by atomic mass is 35.5. The third-order valence-electron chi connectivity index (χ3n) is 2.71. The van der Waals surface area contributed by atoms with Gasteiger partial charge in [0.15, 0.2) is 18.1 Å². The minimum Gasteiger partial charge on any atom is -0.387 e. The van der Waals surface area contributed by atoms with Crippen LogP contribution in [0.3, 0.4) is 0 Å². The summed E-state index contributed by atoms with van der Waals surface area (Å²) in [6.45, 7) is 0.211. The van der Waals surface area contributed by atoms with E-state index in [2.05, 4.69) is 20.5 Å². The van der Waals surface area contributed by atoms with Crippen LogP contribution in [-0.2, 0) is 16.2 Å². The molecule has 0 unspecified atom stereocenters. The van der Waals surface area contributed by atoms with Gasteiger partial charge in [0.1, 0.15) is 12.2 Å². The summed E-state index contributed by atoms with van der Waals surface area (Å²) in [5.41, 5.74) is 1.72. The van der Waals surface area contributed by atoms with Gasteiger partial charge in [-0.2, -0.15) is 5.11 Å². The average Bonchev–Trinajstić information content (AvgIpc) is 3.10. The number of halogens is 1. The lowest BCUT2D eigenvalue weighted by Gasteiger charge is -1.95. The van der Waals surface area contributed by atoms with E-state index in [9.17, 15) is 4.79 Å². The normalized spacial score (nSPS) is 15.9. The van der Waals surface area contributed by atoms with Crippen molar-refractivity contribution in [2.45, 2.75) is 6.61 Å². The first-order valence-corrected chi connectivity index (χ1v) is 6.42. The number of hydrogen-bond donors (Lipinski definition) is 0. The number of aromatic nitrogens is 1. The van der Waals surface area contributed by atoms with Gasteiger partial charge in [-0.3, -0.25) is 4.79 Å². The van der Waals surface area contributed by atoms with Crippen molar-refractivity contribution < 1.29 is 14.2 Å². The number of nitrogens with zero attached hydrogens (tertiary/aromatic N) is 4. The van der Waals surface area contributed by atoms with E-state index in [1.165, 1.54) is 0 Å². The van der Waals surface area contributed by atoms with Gasteiger partial charge in [0.05, 0.1) is 0 Å². The van der Waals surface area contributed by atoms with E-state index in [1.54, 1.807) is 18.2 Å². The summed E-state index contributed by atoms with van der Waals surface area (Å²) in [5, 5.41) is 15.1. The van der Waals surface area contributed by atoms with Crippen LogP contribution >= 0.6 is 11.6 Å². The first-order valence-electron chi connectivity index (χ1n) is 6.04. The summed E-state index contributed by atoms with van der Waals surface area (Å²) in [5.74, 6) is 0.0121. The predicted molar refractivity (Wildman–Crippen MR) is 73.9 cm³/mol. The predicted octanol–water partition coefficient (Wildman–Crippen LogP) is 2.86. The molecule has 0 aliphatic carbocycles. The second kappa shape index (κ2) is 5.84. The smallest absolute Gasteiger partial charge is 0.314 e. The van der Waals surface area contributed by atoms with Crippen molar-refractivity contribution in [1.29, 1.82) is 0 Å². The van der Waals surface area contributed by atoms with Gasteiger partial charge in [-0.1, -0.05) is 34.0 Å². The summed E-state index contributed by atoms with van der Waals surface area (Å²) in [6.07, 6.45) is 0. The Morgan fingerprint density at radius 2 is 2.14 bits per heavy atom. The monoisotopic (exact) mass is 304 g/mol. The Balaban J connectivity index is 1.63. The molecule has 1 aliphatic rings. The van der Waals surface area contributed by atoms with Gasteiger partial charge in [0, 0.05) is 16.7 Å². The molecule has 0 saturated carbocycles. The number of rotatable bonds is 4. The van der Waals surface area contributed by atoms with Crippen LogP contribution in [0.2, 0.25) is 5.02 Å². The molecule has 3 rings (SSSR count). The molecule has 8 heteroatoms. The molecule has 2 aromatic rings. The number of oxime groups is 1. The molecule has 0 N–H and O–H groups in total. The van der Waals surface area contributed by atoms with Crippen LogP contribution in [0, 0.1) is 0 Å². The minimum atomic E-state index is -0.477. The van der Waals surface area contributed by atoms with E-state index >= 15 is 0 Å². The molecule has 0 fully saturated rings. The zero-order chi connectivity index (χ0) is 14.7. The maximum atomic E-state index is 11.1. The molecule has 1 aromatic carbocycles. The Morgan fingerprint density at radius 3 is 2.86 bits per heavy atom. The van der Waals surface area contributed by atoms with Crippen molar-refractivity contribution >= 4 is 23.2 Å². The standard InChI is InChI=1S/C13H9ClN4O3/c14-9-3-1-8(2-4-9)11-5-10(21-18-11)7-20-17-12-6-15-16-13(12)19/h1-5H,6-7H2. The van der Waals surface area contributed by atoms with Crippen LogP contribution in [0.25, 0.3) is 11.3 Å². The Labute approximate surface area is 124 Å². The quantitative estimate of drug-likeness (QED) is 0.812. The molecule has 1 aliphatic heterocycles. The SMILES string of the molecule is O=C1N=NCC1=NOCc1cc(-c2ccc(Cl)cc2)no1. The lowest BCUT2D eigenvalue weighted by atomic mass is 10.1. The van der Waals surface area contributed by atoms with Crippen molar-refractivity contribution in [2.75, 3.05) is 6.54 Å². The average molecular weight is 305 g/mol. The van der Waals surface area contributed by atoms with Gasteiger partial charge in [-0.15, -0.1) is 5.11 Å². The molecule has 2 heterocycles. The van der Waals surface area contributed by atoms with Crippen LogP contribution in [0.15, 0.2) is 50.2 Å². The molecule has 0 atom stereocenters. The fraction of sp³-hybridized carbons (Fsp3) is 0.154. The molecule has 21 heavy (non-hydrogen) atoms. The van der Waals surface area contributed by atoms with Crippen LogP contribution in [0.1, 0.15) is 5.76 Å². The van der Waals surface area contributed by atoms with Crippen molar-refractivity contribution in [2.24, 2.45) is 15.4 Å². The summed E-state index contributed by atoms with van der Waals surface area (Å²) >= 11 is 5.83. The third-order valence-corrected chi connectivity index (χ3v) is 2.96. The lowest BCUT2D eigenvalue weighted by molar-refractivity contribution is -0.112. The fourth-order valence-electron chi connectivity index (χ4n) is 1.67. The number of carbonyl (C=O) groups is 1. The van der Waals surface area contributed by atoms with Gasteiger partial charge < -0.3 is 9.36 Å². The zero-order valence-electron chi connectivity index (χ0n) is 10.7. The van der Waals surface area contributed by atoms with Gasteiger partial charge in [0.25, 0.3) is 0 Å². The number of hydrogen-bond acceptors (Lipinski definition) is 6. The highest BCUT2D eigenvalue weighted by Gasteiger charge is 2.17. The first-order chi connectivity index (χ1) is 10.2. The zero-order valence-corrected chi connectivity index (χ0v) is 11.4. The summed E-state index contributed by atoms with van der Waals surface area (Å²) in [4.78, 5) is 16.2. The topological polar surface area (TPSA) is 89.4 Å². The molecule has 7 nitrogen and oxygen atoms in total. The second-order valence-electron chi connectivity index (χ2n) is 4.20. The molecule has 0 saturated heterocycles. The molecule has 0 bridgehead atoms. The van der Waals surface area contributed by atoms with Crippen LogP contribution in [-0.4, -0.2) is 23.3 Å². The van der Waals surface area contributed by atoms with Crippen molar-refractivity contribution in [3.63, 3.8) is 0 Å². The van der Waals surface area contributed by atoms with E-state index in [0.717, 1.165) is 5.56 Å². The highest BCUT2D eigenvalue weighted by molar-refractivity contribution is 6.41. The number of benzene rings is 1. The summed E-state index contributed by atoms with van der Waals surface area (Å²) in [6, 6.07) is 8.95. The molecular formula is C13H9ClN4O3. The van der Waals surface area contributed by atoms with E-state index in [-0.39, 0.29) is 18.9 Å². The lowest BCUT2D eigenvalue weighted by Crippen LogP contribution is -2.09. The van der Waals surface area contributed by atoms with E-state index in [4.69, 9.17) is 21.0 Å². The van der Waals surface area contributed by atoms with Gasteiger partial charge in [-0.25, -0.2) is 0 Å². The number of carbonyl (C=O) groups excluding carboxylic acids is 1. The maximum Gasteiger partial charge on any atom is 0.314 e. The van der Waals surface area contributed by atoms with Crippen LogP contribution in [0.4, 0.5) is 0 Å².